The van der Waals surface area contributed by atoms with Gasteiger partial charge in [-0.05, 0) is 61.6 Å². The first-order chi connectivity index (χ1) is 17.7. The molecule has 0 spiro atoms. The number of ether oxygens (including phenoxy) is 1. The summed E-state index contributed by atoms with van der Waals surface area (Å²) in [7, 11) is 0. The van der Waals surface area contributed by atoms with Gasteiger partial charge in [-0.1, -0.05) is 75.3 Å². The summed E-state index contributed by atoms with van der Waals surface area (Å²) in [6.07, 6.45) is 22.5. The number of carboxylic acids is 1. The van der Waals surface area contributed by atoms with Crippen molar-refractivity contribution < 1.29 is 19.1 Å². The van der Waals surface area contributed by atoms with Gasteiger partial charge in [0.25, 0.3) is 0 Å². The lowest BCUT2D eigenvalue weighted by atomic mass is 9.75. The second kappa shape index (κ2) is 12.2. The predicted octanol–water partition coefficient (Wildman–Crippen LogP) is 7.35. The van der Waals surface area contributed by atoms with Crippen molar-refractivity contribution in [2.75, 3.05) is 0 Å². The normalized spacial score (nSPS) is 26.2. The number of aromatic nitrogens is 1. The zero-order valence-electron chi connectivity index (χ0n) is 21.4. The van der Waals surface area contributed by atoms with E-state index < -0.39 is 5.97 Å². The summed E-state index contributed by atoms with van der Waals surface area (Å²) >= 11 is 0. The van der Waals surface area contributed by atoms with E-state index in [0.717, 1.165) is 48.7 Å². The fraction of sp³-hybridized carbons (Fsp3) is 0.613. The van der Waals surface area contributed by atoms with E-state index in [9.17, 15) is 4.79 Å². The van der Waals surface area contributed by atoms with Crippen LogP contribution in [-0.2, 0) is 22.4 Å². The van der Waals surface area contributed by atoms with Gasteiger partial charge in [0.15, 0.2) is 0 Å². The van der Waals surface area contributed by atoms with Crippen LogP contribution in [-0.4, -0.2) is 28.3 Å². The molecule has 4 unspecified atom stereocenters. The number of carboxylic acid groups (broad SMARTS) is 1. The first-order valence-corrected chi connectivity index (χ1v) is 14.2. The Bertz CT molecular complexity index is 1020. The molecule has 3 heterocycles. The van der Waals surface area contributed by atoms with E-state index in [2.05, 4.69) is 24.3 Å². The van der Waals surface area contributed by atoms with Gasteiger partial charge in [-0.25, -0.2) is 4.98 Å². The highest BCUT2D eigenvalue weighted by atomic mass is 16.5. The molecule has 2 saturated heterocycles. The molecule has 1 N–H and O–H groups in total. The number of oxazole rings is 1. The lowest BCUT2D eigenvalue weighted by Crippen LogP contribution is -2.28. The monoisotopic (exact) mass is 491 g/mol. The molecule has 1 saturated carbocycles. The molecule has 3 fully saturated rings. The Morgan fingerprint density at radius 2 is 1.83 bits per heavy atom. The van der Waals surface area contributed by atoms with E-state index in [4.69, 9.17) is 19.2 Å². The minimum absolute atomic E-state index is 0.156. The molecule has 194 valence electrons. The number of nitrogens with zero attached hydrogens (tertiary/aromatic N) is 1. The molecule has 1 aromatic carbocycles. The number of fused-ring (bicyclic) bond motifs is 2. The van der Waals surface area contributed by atoms with Crippen LogP contribution < -0.4 is 0 Å². The van der Waals surface area contributed by atoms with Gasteiger partial charge in [0, 0.05) is 12.3 Å². The number of unbranched alkanes of at least 4 members (excludes halogenated alkanes) is 2. The number of rotatable bonds is 12. The van der Waals surface area contributed by atoms with E-state index in [-0.39, 0.29) is 24.5 Å². The molecule has 2 bridgehead atoms. The largest absolute Gasteiger partial charge is 0.481 e. The van der Waals surface area contributed by atoms with Crippen LogP contribution in [0.2, 0.25) is 0 Å². The van der Waals surface area contributed by atoms with E-state index in [1.165, 1.54) is 56.9 Å². The lowest BCUT2D eigenvalue weighted by Gasteiger charge is -2.26. The Kier molecular flexibility index (Phi) is 8.58. The van der Waals surface area contributed by atoms with Crippen molar-refractivity contribution in [1.29, 1.82) is 0 Å². The predicted molar refractivity (Wildman–Crippen MR) is 141 cm³/mol. The van der Waals surface area contributed by atoms with Crippen molar-refractivity contribution in [2.24, 2.45) is 11.8 Å². The third-order valence-corrected chi connectivity index (χ3v) is 8.68. The van der Waals surface area contributed by atoms with Crippen molar-refractivity contribution in [1.82, 2.24) is 4.98 Å². The van der Waals surface area contributed by atoms with Gasteiger partial charge >= 0.3 is 5.97 Å². The zero-order chi connectivity index (χ0) is 24.7. The van der Waals surface area contributed by atoms with Gasteiger partial charge < -0.3 is 14.3 Å². The van der Waals surface area contributed by atoms with Gasteiger partial charge in [-0.3, -0.25) is 4.79 Å². The second-order valence-electron chi connectivity index (χ2n) is 11.1. The minimum atomic E-state index is -0.754. The summed E-state index contributed by atoms with van der Waals surface area (Å²) in [6.45, 7) is 0. The standard InChI is InChI=1S/C31H41NO4/c33-29(34)19-16-23-13-8-9-14-24(23)20-26-27-17-18-28(36-27)30(26)31-32-25(21-35-31)15-7-2-1-4-10-22-11-5-3-6-12-22/h7-9,13-15,21-22,26-28,30H,1-6,10-12,16-20H2,(H,33,34)/b15-7+. The van der Waals surface area contributed by atoms with Crippen molar-refractivity contribution >= 4 is 12.0 Å². The van der Waals surface area contributed by atoms with Gasteiger partial charge in [0.05, 0.1) is 18.1 Å². The molecule has 4 atom stereocenters. The molecular weight excluding hydrogens is 450 g/mol. The first kappa shape index (κ1) is 25.3. The average Bonchev–Trinajstić information content (AvgIpc) is 3.63. The molecule has 0 radical (unpaired) electrons. The van der Waals surface area contributed by atoms with E-state index in [1.807, 2.05) is 12.1 Å². The molecule has 36 heavy (non-hydrogen) atoms. The molecule has 1 aliphatic carbocycles. The molecule has 1 aromatic heterocycles. The Hall–Kier alpha value is -2.40. The number of allylic oxidation sites excluding steroid dienone is 1. The number of aryl methyl sites for hydroxylation is 1. The van der Waals surface area contributed by atoms with Crippen molar-refractivity contribution in [3.8, 4) is 0 Å². The summed E-state index contributed by atoms with van der Waals surface area (Å²) < 4.78 is 12.4. The van der Waals surface area contributed by atoms with Crippen LogP contribution in [0.5, 0.6) is 0 Å². The summed E-state index contributed by atoms with van der Waals surface area (Å²) in [6, 6.07) is 8.24. The molecule has 5 nitrogen and oxygen atoms in total. The molecule has 3 aliphatic rings. The molecule has 0 amide bonds. The van der Waals surface area contributed by atoms with Crippen LogP contribution in [0.4, 0.5) is 0 Å². The van der Waals surface area contributed by atoms with Crippen molar-refractivity contribution in [3.63, 3.8) is 0 Å². The van der Waals surface area contributed by atoms with Crippen LogP contribution in [0.1, 0.15) is 106 Å². The number of hydrogen-bond donors (Lipinski definition) is 1. The summed E-state index contributed by atoms with van der Waals surface area (Å²) in [5.41, 5.74) is 3.26. The second-order valence-corrected chi connectivity index (χ2v) is 11.1. The lowest BCUT2D eigenvalue weighted by molar-refractivity contribution is -0.136. The number of aliphatic carboxylic acids is 1. The average molecular weight is 492 g/mol. The van der Waals surface area contributed by atoms with E-state index in [1.54, 1.807) is 6.26 Å². The van der Waals surface area contributed by atoms with Crippen LogP contribution >= 0.6 is 0 Å². The maximum atomic E-state index is 11.1. The SMILES string of the molecule is O=C(O)CCc1ccccc1CC1C2CCC(O2)C1c1nc(/C=C/CCCCC2CCCCC2)co1. The highest BCUT2D eigenvalue weighted by molar-refractivity contribution is 5.67. The molecule has 2 aromatic rings. The van der Waals surface area contributed by atoms with Crippen molar-refractivity contribution in [3.05, 3.63) is 59.3 Å². The highest BCUT2D eigenvalue weighted by Crippen LogP contribution is 2.50. The van der Waals surface area contributed by atoms with E-state index in [0.29, 0.717) is 12.3 Å². The van der Waals surface area contributed by atoms with Gasteiger partial charge in [0.2, 0.25) is 5.89 Å². The highest BCUT2D eigenvalue weighted by Gasteiger charge is 2.51. The number of benzene rings is 1. The maximum absolute atomic E-state index is 11.1. The summed E-state index contributed by atoms with van der Waals surface area (Å²) in [5.74, 6) is 1.49. The molecule has 5 heteroatoms. The van der Waals surface area contributed by atoms with Crippen LogP contribution in [0.15, 0.2) is 41.0 Å². The fourth-order valence-corrected chi connectivity index (χ4v) is 6.78. The third-order valence-electron chi connectivity index (χ3n) is 8.68. The molecule has 5 rings (SSSR count). The van der Waals surface area contributed by atoms with Gasteiger partial charge in [-0.15, -0.1) is 0 Å². The van der Waals surface area contributed by atoms with Crippen LogP contribution in [0, 0.1) is 11.8 Å². The Labute approximate surface area is 215 Å². The Balaban J connectivity index is 1.17. The first-order valence-electron chi connectivity index (χ1n) is 14.2. The fourth-order valence-electron chi connectivity index (χ4n) is 6.78. The van der Waals surface area contributed by atoms with Crippen LogP contribution in [0.25, 0.3) is 6.08 Å². The Morgan fingerprint density at radius 3 is 2.67 bits per heavy atom. The smallest absolute Gasteiger partial charge is 0.303 e. The number of hydrogen-bond acceptors (Lipinski definition) is 4. The zero-order valence-corrected chi connectivity index (χ0v) is 21.4. The third kappa shape index (κ3) is 6.29. The maximum Gasteiger partial charge on any atom is 0.303 e. The van der Waals surface area contributed by atoms with Gasteiger partial charge in [-0.2, -0.15) is 0 Å². The topological polar surface area (TPSA) is 72.6 Å². The summed E-state index contributed by atoms with van der Waals surface area (Å²) in [4.78, 5) is 16.0. The minimum Gasteiger partial charge on any atom is -0.481 e. The number of carbonyl (C=O) groups is 1. The quantitative estimate of drug-likeness (QED) is 0.314. The van der Waals surface area contributed by atoms with Gasteiger partial charge in [0.1, 0.15) is 12.0 Å². The molecular formula is C31H41NO4. The van der Waals surface area contributed by atoms with Crippen molar-refractivity contribution in [2.45, 2.75) is 108 Å². The van der Waals surface area contributed by atoms with E-state index >= 15 is 0 Å². The van der Waals surface area contributed by atoms with Crippen LogP contribution in [0.3, 0.4) is 0 Å². The Morgan fingerprint density at radius 1 is 1.03 bits per heavy atom. The molecule has 2 aliphatic heterocycles. The summed E-state index contributed by atoms with van der Waals surface area (Å²) in [5, 5.41) is 9.14.